The fourth-order valence-electron chi connectivity index (χ4n) is 2.33. The fourth-order valence-corrected chi connectivity index (χ4v) is 2.33. The number of ketones is 1. The minimum absolute atomic E-state index is 0.0187. The van der Waals surface area contributed by atoms with Gasteiger partial charge in [-0.05, 0) is 38.5 Å². The summed E-state index contributed by atoms with van der Waals surface area (Å²) in [5.41, 5.74) is 2.93. The van der Waals surface area contributed by atoms with Crippen LogP contribution in [0.25, 0.3) is 11.1 Å². The molecule has 4 nitrogen and oxygen atoms in total. The van der Waals surface area contributed by atoms with Crippen molar-refractivity contribution in [3.05, 3.63) is 53.9 Å². The smallest absolute Gasteiger partial charge is 0.255 e. The van der Waals surface area contributed by atoms with Crippen molar-refractivity contribution in [2.75, 3.05) is 13.1 Å². The molecule has 0 radical (unpaired) electrons. The molecule has 0 aliphatic heterocycles. The Labute approximate surface area is 130 Å². The maximum Gasteiger partial charge on any atom is 0.255 e. The summed E-state index contributed by atoms with van der Waals surface area (Å²) >= 11 is 0. The van der Waals surface area contributed by atoms with Crippen LogP contribution in [-0.2, 0) is 0 Å². The van der Waals surface area contributed by atoms with Crippen molar-refractivity contribution in [2.24, 2.45) is 0 Å². The van der Waals surface area contributed by atoms with Crippen LogP contribution in [0, 0.1) is 0 Å². The van der Waals surface area contributed by atoms with E-state index in [4.69, 9.17) is 0 Å². The Hall–Kier alpha value is -2.49. The van der Waals surface area contributed by atoms with Crippen molar-refractivity contribution >= 4 is 11.7 Å². The van der Waals surface area contributed by atoms with Crippen molar-refractivity contribution < 1.29 is 9.59 Å². The summed E-state index contributed by atoms with van der Waals surface area (Å²) in [6, 6.07) is 9.18. The molecule has 1 amide bonds. The highest BCUT2D eigenvalue weighted by molar-refractivity contribution is 5.96. The van der Waals surface area contributed by atoms with Crippen LogP contribution >= 0.6 is 0 Å². The third-order valence-electron chi connectivity index (χ3n) is 3.64. The molecule has 0 unspecified atom stereocenters. The molecular weight excluding hydrogens is 276 g/mol. The van der Waals surface area contributed by atoms with Crippen molar-refractivity contribution in [1.82, 2.24) is 9.88 Å². The second kappa shape index (κ2) is 6.98. The number of hydrogen-bond donors (Lipinski definition) is 0. The molecule has 0 N–H and O–H groups in total. The predicted octanol–water partition coefficient (Wildman–Crippen LogP) is 3.43. The zero-order valence-electron chi connectivity index (χ0n) is 13.2. The Balaban J connectivity index is 2.38. The Bertz CT molecular complexity index is 691. The summed E-state index contributed by atoms with van der Waals surface area (Å²) in [6.07, 6.45) is 3.29. The molecule has 0 aliphatic rings. The molecule has 2 rings (SSSR count). The van der Waals surface area contributed by atoms with Crippen molar-refractivity contribution in [2.45, 2.75) is 20.8 Å². The maximum atomic E-state index is 12.4. The topological polar surface area (TPSA) is 50.3 Å². The van der Waals surface area contributed by atoms with Crippen LogP contribution in [0.1, 0.15) is 41.5 Å². The summed E-state index contributed by atoms with van der Waals surface area (Å²) in [5, 5.41) is 0. The van der Waals surface area contributed by atoms with Crippen LogP contribution in [0.2, 0.25) is 0 Å². The average molecular weight is 296 g/mol. The SMILES string of the molecule is CCN(CC)C(=O)c1cncc(-c2cccc(C(C)=O)c2)c1. The Morgan fingerprint density at radius 3 is 2.32 bits per heavy atom. The van der Waals surface area contributed by atoms with E-state index in [1.54, 1.807) is 23.4 Å². The van der Waals surface area contributed by atoms with Gasteiger partial charge in [0.05, 0.1) is 5.56 Å². The van der Waals surface area contributed by atoms with Gasteiger partial charge in [-0.25, -0.2) is 0 Å². The normalized spacial score (nSPS) is 10.3. The Morgan fingerprint density at radius 2 is 1.68 bits per heavy atom. The van der Waals surface area contributed by atoms with E-state index in [0.717, 1.165) is 11.1 Å². The van der Waals surface area contributed by atoms with Crippen LogP contribution in [0.3, 0.4) is 0 Å². The first kappa shape index (κ1) is 15.9. The minimum Gasteiger partial charge on any atom is -0.339 e. The summed E-state index contributed by atoms with van der Waals surface area (Å²) < 4.78 is 0. The molecule has 0 spiro atoms. The van der Waals surface area contributed by atoms with E-state index in [-0.39, 0.29) is 11.7 Å². The van der Waals surface area contributed by atoms with Gasteiger partial charge in [-0.3, -0.25) is 14.6 Å². The quantitative estimate of drug-likeness (QED) is 0.794. The van der Waals surface area contributed by atoms with Crippen LogP contribution in [0.15, 0.2) is 42.7 Å². The molecule has 4 heteroatoms. The molecule has 114 valence electrons. The van der Waals surface area contributed by atoms with E-state index in [2.05, 4.69) is 4.98 Å². The molecule has 0 bridgehead atoms. The lowest BCUT2D eigenvalue weighted by atomic mass is 10.0. The number of aromatic nitrogens is 1. The number of hydrogen-bond acceptors (Lipinski definition) is 3. The average Bonchev–Trinajstić information content (AvgIpc) is 2.56. The lowest BCUT2D eigenvalue weighted by Crippen LogP contribution is -2.30. The van der Waals surface area contributed by atoms with Gasteiger partial charge in [0.15, 0.2) is 5.78 Å². The highest BCUT2D eigenvalue weighted by Gasteiger charge is 2.13. The molecule has 0 saturated carbocycles. The van der Waals surface area contributed by atoms with E-state index in [0.29, 0.717) is 24.2 Å². The van der Waals surface area contributed by atoms with E-state index in [1.807, 2.05) is 38.1 Å². The Morgan fingerprint density at radius 1 is 1.00 bits per heavy atom. The molecular formula is C18H20N2O2. The number of pyridine rings is 1. The van der Waals surface area contributed by atoms with E-state index in [1.165, 1.54) is 6.92 Å². The van der Waals surface area contributed by atoms with Crippen LogP contribution in [0.4, 0.5) is 0 Å². The van der Waals surface area contributed by atoms with Crippen molar-refractivity contribution in [1.29, 1.82) is 0 Å². The lowest BCUT2D eigenvalue weighted by molar-refractivity contribution is 0.0772. The number of carbonyl (C=O) groups excluding carboxylic acids is 2. The van der Waals surface area contributed by atoms with E-state index < -0.39 is 0 Å². The summed E-state index contributed by atoms with van der Waals surface area (Å²) in [6.45, 7) is 6.78. The first-order valence-corrected chi connectivity index (χ1v) is 7.42. The van der Waals surface area contributed by atoms with Gasteiger partial charge in [0, 0.05) is 36.6 Å². The van der Waals surface area contributed by atoms with Crippen molar-refractivity contribution in [3.63, 3.8) is 0 Å². The van der Waals surface area contributed by atoms with E-state index >= 15 is 0 Å². The first-order chi connectivity index (χ1) is 10.6. The largest absolute Gasteiger partial charge is 0.339 e. The molecule has 1 aromatic heterocycles. The van der Waals surface area contributed by atoms with Gasteiger partial charge in [0.25, 0.3) is 5.91 Å². The fraction of sp³-hybridized carbons (Fsp3) is 0.278. The van der Waals surface area contributed by atoms with Gasteiger partial charge in [0.2, 0.25) is 0 Å². The first-order valence-electron chi connectivity index (χ1n) is 7.42. The second-order valence-corrected chi connectivity index (χ2v) is 5.08. The molecule has 2 aromatic rings. The summed E-state index contributed by atoms with van der Waals surface area (Å²) in [4.78, 5) is 29.8. The molecule has 22 heavy (non-hydrogen) atoms. The molecule has 0 saturated heterocycles. The molecule has 1 aromatic carbocycles. The van der Waals surface area contributed by atoms with Crippen molar-refractivity contribution in [3.8, 4) is 11.1 Å². The minimum atomic E-state index is -0.0259. The van der Waals surface area contributed by atoms with Gasteiger partial charge in [0.1, 0.15) is 0 Å². The molecule has 0 atom stereocenters. The van der Waals surface area contributed by atoms with Crippen LogP contribution in [-0.4, -0.2) is 34.7 Å². The number of amides is 1. The highest BCUT2D eigenvalue weighted by Crippen LogP contribution is 2.21. The van der Waals surface area contributed by atoms with Gasteiger partial charge in [-0.15, -0.1) is 0 Å². The third-order valence-corrected chi connectivity index (χ3v) is 3.64. The Kier molecular flexibility index (Phi) is 5.04. The third kappa shape index (κ3) is 3.39. The standard InChI is InChI=1S/C18H20N2O2/c1-4-20(5-2)18(22)17-10-16(11-19-12-17)15-8-6-7-14(9-15)13(3)21/h6-12H,4-5H2,1-3H3. The second-order valence-electron chi connectivity index (χ2n) is 5.08. The van der Waals surface area contributed by atoms with Gasteiger partial charge < -0.3 is 4.90 Å². The van der Waals surface area contributed by atoms with Crippen LogP contribution < -0.4 is 0 Å². The monoisotopic (exact) mass is 296 g/mol. The number of benzene rings is 1. The van der Waals surface area contributed by atoms with Gasteiger partial charge >= 0.3 is 0 Å². The predicted molar refractivity (Wildman–Crippen MR) is 86.9 cm³/mol. The lowest BCUT2D eigenvalue weighted by Gasteiger charge is -2.18. The zero-order chi connectivity index (χ0) is 16.1. The molecule has 0 fully saturated rings. The number of rotatable bonds is 5. The summed E-state index contributed by atoms with van der Waals surface area (Å²) in [7, 11) is 0. The molecule has 0 aliphatic carbocycles. The van der Waals surface area contributed by atoms with Crippen LogP contribution in [0.5, 0.6) is 0 Å². The number of Topliss-reactive ketones (excluding diaryl/α,β-unsaturated/α-hetero) is 1. The number of carbonyl (C=O) groups is 2. The molecule has 1 heterocycles. The van der Waals surface area contributed by atoms with Gasteiger partial charge in [-0.2, -0.15) is 0 Å². The van der Waals surface area contributed by atoms with E-state index in [9.17, 15) is 9.59 Å². The van der Waals surface area contributed by atoms with Gasteiger partial charge in [-0.1, -0.05) is 18.2 Å². The number of nitrogens with zero attached hydrogens (tertiary/aromatic N) is 2. The zero-order valence-corrected chi connectivity index (χ0v) is 13.2. The maximum absolute atomic E-state index is 12.4. The highest BCUT2D eigenvalue weighted by atomic mass is 16.2. The summed E-state index contributed by atoms with van der Waals surface area (Å²) in [5.74, 6) is -0.00717.